The molecule has 5 rings (SSSR count). The summed E-state index contributed by atoms with van der Waals surface area (Å²) in [5, 5.41) is 4.68. The predicted octanol–water partition coefficient (Wildman–Crippen LogP) is 3.21. The number of rotatable bonds is 6. The summed E-state index contributed by atoms with van der Waals surface area (Å²) in [4.78, 5) is 30.6. The van der Waals surface area contributed by atoms with Gasteiger partial charge in [0.1, 0.15) is 17.6 Å². The number of fused-ring (bicyclic) bond motifs is 4. The summed E-state index contributed by atoms with van der Waals surface area (Å²) in [5.41, 5.74) is 3.27. The first kappa shape index (κ1) is 18.9. The second-order valence-electron chi connectivity index (χ2n) is 7.44. The standard InChI is InChI=1S/C23H22N4O2S/c28-19(24-12-6-9-16-7-2-1-3-8-16)15-27-18-11-5-4-10-17(18)20-21(27)22(29)26-13-14-30-23(26)25-20/h1-5,7-8,10-11H,6,9,12-15H2,(H,24,28). The molecule has 4 aromatic rings. The van der Waals surface area contributed by atoms with Gasteiger partial charge in [0, 0.05) is 24.2 Å². The van der Waals surface area contributed by atoms with Crippen molar-refractivity contribution < 1.29 is 4.79 Å². The van der Waals surface area contributed by atoms with Gasteiger partial charge in [0.25, 0.3) is 5.56 Å². The van der Waals surface area contributed by atoms with Crippen molar-refractivity contribution in [1.82, 2.24) is 19.4 Å². The molecule has 1 N–H and O–H groups in total. The number of nitrogens with one attached hydrogen (secondary N) is 1. The van der Waals surface area contributed by atoms with Gasteiger partial charge in [-0.3, -0.25) is 14.2 Å². The lowest BCUT2D eigenvalue weighted by Gasteiger charge is -2.09. The smallest absolute Gasteiger partial charge is 0.278 e. The third-order valence-corrected chi connectivity index (χ3v) is 6.44. The summed E-state index contributed by atoms with van der Waals surface area (Å²) in [6, 6.07) is 18.0. The van der Waals surface area contributed by atoms with E-state index in [0.29, 0.717) is 24.1 Å². The minimum absolute atomic E-state index is 0.0620. The molecule has 1 aliphatic rings. The molecule has 6 nitrogen and oxygen atoms in total. The largest absolute Gasteiger partial charge is 0.355 e. The van der Waals surface area contributed by atoms with Crippen molar-refractivity contribution in [3.8, 4) is 0 Å². The van der Waals surface area contributed by atoms with Crippen molar-refractivity contribution in [2.45, 2.75) is 31.1 Å². The maximum absolute atomic E-state index is 13.2. The number of carbonyl (C=O) groups excluding carboxylic acids is 1. The van der Waals surface area contributed by atoms with Crippen LogP contribution in [-0.4, -0.2) is 32.3 Å². The van der Waals surface area contributed by atoms with Crippen molar-refractivity contribution in [3.63, 3.8) is 0 Å². The highest BCUT2D eigenvalue weighted by atomic mass is 32.2. The van der Waals surface area contributed by atoms with E-state index in [4.69, 9.17) is 4.98 Å². The maximum Gasteiger partial charge on any atom is 0.278 e. The number of nitrogens with zero attached hydrogens (tertiary/aromatic N) is 3. The van der Waals surface area contributed by atoms with Gasteiger partial charge in [-0.15, -0.1) is 0 Å². The van der Waals surface area contributed by atoms with Gasteiger partial charge < -0.3 is 9.88 Å². The molecule has 0 saturated heterocycles. The zero-order valence-electron chi connectivity index (χ0n) is 16.5. The normalized spacial score (nSPS) is 13.1. The minimum Gasteiger partial charge on any atom is -0.355 e. The number of aryl methyl sites for hydroxylation is 1. The van der Waals surface area contributed by atoms with E-state index in [0.717, 1.165) is 34.7 Å². The fourth-order valence-corrected chi connectivity index (χ4v) is 4.99. The first-order valence-corrected chi connectivity index (χ1v) is 11.2. The first-order chi connectivity index (χ1) is 14.7. The molecule has 0 bridgehead atoms. The number of hydrogen-bond donors (Lipinski definition) is 1. The Bertz CT molecular complexity index is 1290. The fourth-order valence-electron chi connectivity index (χ4n) is 4.05. The van der Waals surface area contributed by atoms with Gasteiger partial charge in [0.05, 0.1) is 5.52 Å². The van der Waals surface area contributed by atoms with Crippen LogP contribution in [0.1, 0.15) is 12.0 Å². The van der Waals surface area contributed by atoms with Crippen LogP contribution in [0.25, 0.3) is 21.9 Å². The predicted molar refractivity (Wildman–Crippen MR) is 120 cm³/mol. The van der Waals surface area contributed by atoms with Crippen molar-refractivity contribution in [2.24, 2.45) is 0 Å². The zero-order chi connectivity index (χ0) is 20.5. The van der Waals surface area contributed by atoms with Crippen LogP contribution in [0.4, 0.5) is 0 Å². The van der Waals surface area contributed by atoms with E-state index < -0.39 is 0 Å². The van der Waals surface area contributed by atoms with Crippen LogP contribution in [-0.2, 0) is 24.3 Å². The van der Waals surface area contributed by atoms with Crippen molar-refractivity contribution in [3.05, 3.63) is 70.5 Å². The summed E-state index contributed by atoms with van der Waals surface area (Å²) >= 11 is 1.60. The van der Waals surface area contributed by atoms with Crippen LogP contribution in [0.15, 0.2) is 64.5 Å². The van der Waals surface area contributed by atoms with E-state index >= 15 is 0 Å². The highest BCUT2D eigenvalue weighted by Gasteiger charge is 2.23. The van der Waals surface area contributed by atoms with Gasteiger partial charge in [-0.05, 0) is 24.5 Å². The second kappa shape index (κ2) is 7.99. The summed E-state index contributed by atoms with van der Waals surface area (Å²) in [6.45, 7) is 1.38. The quantitative estimate of drug-likeness (QED) is 0.386. The van der Waals surface area contributed by atoms with Crippen LogP contribution in [0.2, 0.25) is 0 Å². The molecule has 30 heavy (non-hydrogen) atoms. The van der Waals surface area contributed by atoms with Gasteiger partial charge in [-0.1, -0.05) is 60.3 Å². The Labute approximate surface area is 177 Å². The van der Waals surface area contributed by atoms with Crippen molar-refractivity contribution in [1.29, 1.82) is 0 Å². The Morgan fingerprint density at radius 2 is 1.90 bits per heavy atom. The van der Waals surface area contributed by atoms with Gasteiger partial charge in [0.15, 0.2) is 5.16 Å². The average Bonchev–Trinajstić information content (AvgIpc) is 3.36. The number of carbonyl (C=O) groups is 1. The molecule has 1 amide bonds. The number of thioether (sulfide) groups is 1. The molecule has 0 saturated carbocycles. The third kappa shape index (κ3) is 3.39. The lowest BCUT2D eigenvalue weighted by molar-refractivity contribution is -0.121. The molecular formula is C23H22N4O2S. The number of para-hydroxylation sites is 1. The van der Waals surface area contributed by atoms with E-state index in [1.165, 1.54) is 5.56 Å². The summed E-state index contributed by atoms with van der Waals surface area (Å²) in [7, 11) is 0. The van der Waals surface area contributed by atoms with E-state index in [1.807, 2.05) is 47.0 Å². The maximum atomic E-state index is 13.2. The molecule has 1 aliphatic heterocycles. The van der Waals surface area contributed by atoms with E-state index in [2.05, 4.69) is 17.4 Å². The molecule has 3 heterocycles. The van der Waals surface area contributed by atoms with Crippen molar-refractivity contribution in [2.75, 3.05) is 12.3 Å². The second-order valence-corrected chi connectivity index (χ2v) is 8.50. The highest BCUT2D eigenvalue weighted by Crippen LogP contribution is 2.29. The number of amides is 1. The molecule has 0 fully saturated rings. The van der Waals surface area contributed by atoms with Crippen LogP contribution in [0.5, 0.6) is 0 Å². The monoisotopic (exact) mass is 418 g/mol. The molecule has 0 radical (unpaired) electrons. The molecule has 7 heteroatoms. The molecule has 0 atom stereocenters. The molecular weight excluding hydrogens is 396 g/mol. The molecule has 2 aromatic heterocycles. The molecule has 2 aromatic carbocycles. The average molecular weight is 419 g/mol. The Kier molecular flexibility index (Phi) is 5.04. The lowest BCUT2D eigenvalue weighted by Crippen LogP contribution is -2.30. The number of hydrogen-bond acceptors (Lipinski definition) is 4. The summed E-state index contributed by atoms with van der Waals surface area (Å²) in [5.74, 6) is 0.763. The SMILES string of the molecule is O=C(Cn1c2ccccc2c2nc3n(c(=O)c21)CCS3)NCCCc1ccccc1. The number of benzene rings is 2. The van der Waals surface area contributed by atoms with Crippen LogP contribution >= 0.6 is 11.8 Å². The van der Waals surface area contributed by atoms with Crippen molar-refractivity contribution >= 4 is 39.6 Å². The molecule has 0 unspecified atom stereocenters. The lowest BCUT2D eigenvalue weighted by atomic mass is 10.1. The first-order valence-electron chi connectivity index (χ1n) is 10.2. The van der Waals surface area contributed by atoms with Crippen LogP contribution < -0.4 is 10.9 Å². The van der Waals surface area contributed by atoms with E-state index in [-0.39, 0.29) is 18.0 Å². The molecule has 0 aliphatic carbocycles. The fraction of sp³-hybridized carbons (Fsp3) is 0.261. The van der Waals surface area contributed by atoms with Gasteiger partial charge in [0.2, 0.25) is 5.91 Å². The summed E-state index contributed by atoms with van der Waals surface area (Å²) < 4.78 is 3.54. The molecule has 0 spiro atoms. The topological polar surface area (TPSA) is 68.9 Å². The number of aromatic nitrogens is 3. The Morgan fingerprint density at radius 3 is 2.77 bits per heavy atom. The zero-order valence-corrected chi connectivity index (χ0v) is 17.3. The summed E-state index contributed by atoms with van der Waals surface area (Å²) in [6.07, 6.45) is 1.80. The van der Waals surface area contributed by atoms with E-state index in [1.54, 1.807) is 16.3 Å². The highest BCUT2D eigenvalue weighted by molar-refractivity contribution is 7.99. The Balaban J connectivity index is 1.39. The molecule has 152 valence electrons. The van der Waals surface area contributed by atoms with Crippen LogP contribution in [0.3, 0.4) is 0 Å². The Hall–Kier alpha value is -3.06. The van der Waals surface area contributed by atoms with Crippen LogP contribution in [0, 0.1) is 0 Å². The van der Waals surface area contributed by atoms with Gasteiger partial charge in [-0.25, -0.2) is 4.98 Å². The van der Waals surface area contributed by atoms with E-state index in [9.17, 15) is 9.59 Å². The third-order valence-electron chi connectivity index (χ3n) is 5.49. The Morgan fingerprint density at radius 1 is 1.10 bits per heavy atom. The minimum atomic E-state index is -0.0926. The van der Waals surface area contributed by atoms with Gasteiger partial charge >= 0.3 is 0 Å². The van der Waals surface area contributed by atoms with Gasteiger partial charge in [-0.2, -0.15) is 0 Å².